The Hall–Kier alpha value is -2.35. The van der Waals surface area contributed by atoms with E-state index < -0.39 is 0 Å². The summed E-state index contributed by atoms with van der Waals surface area (Å²) in [5.41, 5.74) is 2.77. The SMILES string of the molecule is CCCCCCCCCCCC(CC(c1ccccc1)c1ccccc1)[C+]1N=CC=N1. The van der Waals surface area contributed by atoms with Crippen molar-refractivity contribution in [2.45, 2.75) is 83.5 Å². The lowest BCUT2D eigenvalue weighted by Crippen LogP contribution is -2.14. The number of rotatable bonds is 15. The molecule has 0 bridgehead atoms. The largest absolute Gasteiger partial charge is 0.243 e. The first-order valence-corrected chi connectivity index (χ1v) is 12.4. The summed E-state index contributed by atoms with van der Waals surface area (Å²) >= 11 is 0. The van der Waals surface area contributed by atoms with Crippen LogP contribution in [-0.2, 0) is 0 Å². The molecule has 1 atom stereocenters. The fourth-order valence-electron chi connectivity index (χ4n) is 4.64. The van der Waals surface area contributed by atoms with Crippen molar-refractivity contribution >= 4 is 12.4 Å². The Labute approximate surface area is 189 Å². The molecule has 0 radical (unpaired) electrons. The fourth-order valence-corrected chi connectivity index (χ4v) is 4.64. The molecule has 31 heavy (non-hydrogen) atoms. The summed E-state index contributed by atoms with van der Waals surface area (Å²) in [5.74, 6) is 0.787. The summed E-state index contributed by atoms with van der Waals surface area (Å²) in [5, 5.41) is 0. The molecule has 1 unspecified atom stereocenters. The Morgan fingerprint density at radius 1 is 0.645 bits per heavy atom. The highest BCUT2D eigenvalue weighted by Gasteiger charge is 2.32. The number of hydrogen-bond donors (Lipinski definition) is 0. The Bertz CT molecular complexity index is 714. The van der Waals surface area contributed by atoms with Crippen LogP contribution in [-0.4, -0.2) is 12.4 Å². The third-order valence-electron chi connectivity index (χ3n) is 6.43. The van der Waals surface area contributed by atoms with Gasteiger partial charge in [0.1, 0.15) is 0 Å². The number of nitrogens with zero attached hydrogens (tertiary/aromatic N) is 2. The quantitative estimate of drug-likeness (QED) is 0.206. The molecule has 2 aromatic carbocycles. The van der Waals surface area contributed by atoms with Crippen molar-refractivity contribution in [1.82, 2.24) is 0 Å². The van der Waals surface area contributed by atoms with Crippen molar-refractivity contribution < 1.29 is 0 Å². The van der Waals surface area contributed by atoms with Gasteiger partial charge in [-0.15, -0.1) is 0 Å². The predicted octanol–water partition coefficient (Wildman–Crippen LogP) is 8.39. The van der Waals surface area contributed by atoms with Crippen molar-refractivity contribution in [2.75, 3.05) is 0 Å². The molecule has 2 heteroatoms. The molecule has 3 rings (SSSR count). The second-order valence-electron chi connectivity index (χ2n) is 8.84. The first-order chi connectivity index (χ1) is 15.4. The second-order valence-corrected chi connectivity index (χ2v) is 8.84. The first-order valence-electron chi connectivity index (χ1n) is 12.4. The minimum Gasteiger partial charge on any atom is -0.0965 e. The van der Waals surface area contributed by atoms with E-state index in [9.17, 15) is 0 Å². The van der Waals surface area contributed by atoms with Crippen LogP contribution in [0.3, 0.4) is 0 Å². The van der Waals surface area contributed by atoms with E-state index in [1.54, 1.807) is 0 Å². The van der Waals surface area contributed by atoms with Crippen LogP contribution < -0.4 is 0 Å². The van der Waals surface area contributed by atoms with Crippen molar-refractivity contribution in [2.24, 2.45) is 15.9 Å². The number of aliphatic imine (C=N–C) groups is 2. The Kier molecular flexibility index (Phi) is 10.4. The summed E-state index contributed by atoms with van der Waals surface area (Å²) in [6, 6.07) is 21.9. The Balaban J connectivity index is 1.56. The maximum atomic E-state index is 4.60. The van der Waals surface area contributed by atoms with Gasteiger partial charge in [-0.25, -0.2) is 0 Å². The second kappa shape index (κ2) is 13.9. The molecule has 0 aromatic heterocycles. The van der Waals surface area contributed by atoms with Crippen molar-refractivity contribution in [1.29, 1.82) is 0 Å². The van der Waals surface area contributed by atoms with Gasteiger partial charge in [-0.3, -0.25) is 0 Å². The lowest BCUT2D eigenvalue weighted by Gasteiger charge is -2.23. The zero-order valence-corrected chi connectivity index (χ0v) is 19.3. The molecule has 1 heterocycles. The third kappa shape index (κ3) is 8.01. The van der Waals surface area contributed by atoms with E-state index in [0.717, 1.165) is 12.6 Å². The minimum atomic E-state index is 0.379. The monoisotopic (exact) mass is 415 g/mol. The molecule has 0 spiro atoms. The molecule has 0 fully saturated rings. The zero-order valence-electron chi connectivity index (χ0n) is 19.3. The molecule has 2 nitrogen and oxygen atoms in total. The molecular weight excluding hydrogens is 376 g/mol. The van der Waals surface area contributed by atoms with Crippen LogP contribution in [0, 0.1) is 12.1 Å². The van der Waals surface area contributed by atoms with Gasteiger partial charge in [0, 0.05) is 5.92 Å². The normalized spacial score (nSPS) is 13.9. The summed E-state index contributed by atoms with van der Waals surface area (Å²) in [6.07, 6.45) is 19.2. The zero-order chi connectivity index (χ0) is 21.6. The van der Waals surface area contributed by atoms with Gasteiger partial charge in [-0.05, 0) is 24.0 Å². The van der Waals surface area contributed by atoms with Crippen molar-refractivity contribution in [3.05, 3.63) is 78.0 Å². The van der Waals surface area contributed by atoms with E-state index in [2.05, 4.69) is 77.6 Å². The van der Waals surface area contributed by atoms with E-state index in [1.807, 2.05) is 12.4 Å². The smallest absolute Gasteiger partial charge is 0.0965 e. The van der Waals surface area contributed by atoms with Crippen LogP contribution in [0.25, 0.3) is 0 Å². The molecule has 0 amide bonds. The molecule has 0 N–H and O–H groups in total. The molecular formula is C29H39N2+. The maximum Gasteiger partial charge on any atom is 0.243 e. The van der Waals surface area contributed by atoms with Gasteiger partial charge in [0.2, 0.25) is 6.17 Å². The third-order valence-corrected chi connectivity index (χ3v) is 6.43. The van der Waals surface area contributed by atoms with E-state index in [1.165, 1.54) is 75.3 Å². The number of benzene rings is 2. The highest BCUT2D eigenvalue weighted by atomic mass is 15.0. The highest BCUT2D eigenvalue weighted by Crippen LogP contribution is 2.38. The van der Waals surface area contributed by atoms with E-state index in [-0.39, 0.29) is 0 Å². The van der Waals surface area contributed by atoms with Gasteiger partial charge in [0.25, 0.3) is 0 Å². The van der Waals surface area contributed by atoms with Gasteiger partial charge in [-0.1, -0.05) is 135 Å². The lowest BCUT2D eigenvalue weighted by atomic mass is 9.81. The molecule has 0 saturated carbocycles. The topological polar surface area (TPSA) is 24.7 Å². The summed E-state index contributed by atoms with van der Waals surface area (Å²) < 4.78 is 0. The fraction of sp³-hybridized carbons (Fsp3) is 0.483. The average Bonchev–Trinajstić information content (AvgIpc) is 3.36. The van der Waals surface area contributed by atoms with Crippen molar-refractivity contribution in [3.63, 3.8) is 0 Å². The molecule has 1 aliphatic heterocycles. The standard InChI is InChI=1S/C29H39N2/c1-2-3-4-5-6-7-8-9-12-21-27(29-30-22-23-31-29)24-28(25-17-13-10-14-18-25)26-19-15-11-16-20-26/h10-11,13-20,22-23,27-28H,2-9,12,21,24H2,1H3/q+1. The van der Waals surface area contributed by atoms with Crippen molar-refractivity contribution in [3.8, 4) is 0 Å². The van der Waals surface area contributed by atoms with E-state index in [0.29, 0.717) is 11.8 Å². The van der Waals surface area contributed by atoms with Gasteiger partial charge in [0.05, 0.1) is 5.92 Å². The van der Waals surface area contributed by atoms with Gasteiger partial charge < -0.3 is 0 Å². The van der Waals surface area contributed by atoms with Crippen LogP contribution in [0.4, 0.5) is 0 Å². The minimum absolute atomic E-state index is 0.379. The van der Waals surface area contributed by atoms with E-state index >= 15 is 0 Å². The first kappa shape index (κ1) is 23.3. The van der Waals surface area contributed by atoms with Gasteiger partial charge in [0.15, 0.2) is 12.4 Å². The van der Waals surface area contributed by atoms with Gasteiger partial charge >= 0.3 is 0 Å². The molecule has 2 aromatic rings. The van der Waals surface area contributed by atoms with Crippen LogP contribution in [0.15, 0.2) is 70.6 Å². The highest BCUT2D eigenvalue weighted by molar-refractivity contribution is 6.18. The van der Waals surface area contributed by atoms with Gasteiger partial charge in [-0.2, -0.15) is 0 Å². The molecule has 0 saturated heterocycles. The molecule has 0 aliphatic carbocycles. The maximum absolute atomic E-state index is 4.60. The summed E-state index contributed by atoms with van der Waals surface area (Å²) in [6.45, 7) is 2.28. The number of unbranched alkanes of at least 4 members (excludes halogenated alkanes) is 8. The Morgan fingerprint density at radius 2 is 1.13 bits per heavy atom. The van der Waals surface area contributed by atoms with Crippen LogP contribution in [0.2, 0.25) is 0 Å². The van der Waals surface area contributed by atoms with E-state index in [4.69, 9.17) is 0 Å². The summed E-state index contributed by atoms with van der Waals surface area (Å²) in [4.78, 5) is 9.21. The van der Waals surface area contributed by atoms with Crippen LogP contribution in [0.1, 0.15) is 94.6 Å². The predicted molar refractivity (Wildman–Crippen MR) is 135 cm³/mol. The molecule has 1 aliphatic rings. The average molecular weight is 416 g/mol. The van der Waals surface area contributed by atoms with Crippen LogP contribution in [0.5, 0.6) is 0 Å². The Morgan fingerprint density at radius 3 is 1.65 bits per heavy atom. The number of hydrogen-bond acceptors (Lipinski definition) is 2. The summed E-state index contributed by atoms with van der Waals surface area (Å²) in [7, 11) is 0. The molecule has 164 valence electrons. The lowest BCUT2D eigenvalue weighted by molar-refractivity contribution is 0.412. The van der Waals surface area contributed by atoms with Crippen LogP contribution >= 0.6 is 0 Å².